The van der Waals surface area contributed by atoms with Crippen LogP contribution in [-0.2, 0) is 11.2 Å². The molecule has 1 aromatic rings. The van der Waals surface area contributed by atoms with E-state index in [1.807, 2.05) is 0 Å². The number of rotatable bonds is 6. The summed E-state index contributed by atoms with van der Waals surface area (Å²) in [6.07, 6.45) is 1.13. The van der Waals surface area contributed by atoms with Crippen molar-refractivity contribution in [1.82, 2.24) is 10.1 Å². The summed E-state index contributed by atoms with van der Waals surface area (Å²) >= 11 is 0. The van der Waals surface area contributed by atoms with E-state index in [2.05, 4.69) is 10.1 Å². The van der Waals surface area contributed by atoms with E-state index in [0.717, 1.165) is 11.2 Å². The highest BCUT2D eigenvalue weighted by atomic mass is 16.6. The van der Waals surface area contributed by atoms with E-state index in [-0.39, 0.29) is 35.8 Å². The molecule has 0 fully saturated rings. The van der Waals surface area contributed by atoms with Gasteiger partial charge in [0.25, 0.3) is 5.69 Å². The third-order valence-electron chi connectivity index (χ3n) is 2.29. The molecule has 114 valence electrons. The van der Waals surface area contributed by atoms with Gasteiger partial charge in [-0.1, -0.05) is 0 Å². The number of esters is 1. The minimum absolute atomic E-state index is 0.00115. The number of aromatic nitrogens is 1. The Kier molecular flexibility index (Phi) is 5.55. The maximum absolute atomic E-state index is 11.5. The predicted molar refractivity (Wildman–Crippen MR) is 74.1 cm³/mol. The highest BCUT2D eigenvalue weighted by Crippen LogP contribution is 2.19. The molecule has 10 nitrogen and oxygen atoms in total. The number of pyridine rings is 1. The van der Waals surface area contributed by atoms with Crippen molar-refractivity contribution in [3.05, 3.63) is 33.6 Å². The van der Waals surface area contributed by atoms with Crippen LogP contribution in [0.25, 0.3) is 0 Å². The highest BCUT2D eigenvalue weighted by molar-refractivity contribution is 5.90. The average molecular weight is 296 g/mol. The van der Waals surface area contributed by atoms with Gasteiger partial charge >= 0.3 is 5.97 Å². The van der Waals surface area contributed by atoms with Crippen molar-refractivity contribution in [2.75, 3.05) is 13.7 Å². The number of carbonyl (C=O) groups excluding carboxylic acids is 1. The number of nitro groups is 1. The topological polar surface area (TPSA) is 150 Å². The van der Waals surface area contributed by atoms with Gasteiger partial charge in [0.15, 0.2) is 0 Å². The van der Waals surface area contributed by atoms with Gasteiger partial charge in [0, 0.05) is 19.3 Å². The fourth-order valence-electron chi connectivity index (χ4n) is 1.51. The molecule has 0 aromatic carbocycles. The largest absolute Gasteiger partial charge is 0.462 e. The van der Waals surface area contributed by atoms with Crippen molar-refractivity contribution >= 4 is 17.5 Å². The molecule has 0 radical (unpaired) electrons. The summed E-state index contributed by atoms with van der Waals surface area (Å²) in [4.78, 5) is 25.8. The zero-order valence-corrected chi connectivity index (χ0v) is 11.6. The molecule has 0 aliphatic rings. The van der Waals surface area contributed by atoms with E-state index in [4.69, 9.17) is 16.3 Å². The number of amidine groups is 1. The molecule has 1 heterocycles. The van der Waals surface area contributed by atoms with Crippen molar-refractivity contribution in [2.24, 2.45) is 16.7 Å². The summed E-state index contributed by atoms with van der Waals surface area (Å²) in [5.41, 5.74) is 5.34. The Labute approximate surface area is 120 Å². The van der Waals surface area contributed by atoms with Crippen molar-refractivity contribution in [3.8, 4) is 0 Å². The third kappa shape index (κ3) is 4.69. The minimum atomic E-state index is -0.678. The molecule has 0 atom stereocenters. The van der Waals surface area contributed by atoms with E-state index in [0.29, 0.717) is 0 Å². The van der Waals surface area contributed by atoms with Gasteiger partial charge in [0.2, 0.25) is 0 Å². The molecule has 10 heteroatoms. The second kappa shape index (κ2) is 7.14. The molecule has 0 unspecified atom stereocenters. The lowest BCUT2D eigenvalue weighted by Crippen LogP contribution is -2.26. The van der Waals surface area contributed by atoms with Crippen molar-refractivity contribution in [2.45, 2.75) is 13.3 Å². The zero-order chi connectivity index (χ0) is 16.0. The van der Waals surface area contributed by atoms with Gasteiger partial charge in [-0.3, -0.25) is 15.1 Å². The Morgan fingerprint density at radius 1 is 1.62 bits per heavy atom. The van der Waals surface area contributed by atoms with Crippen molar-refractivity contribution < 1.29 is 14.5 Å². The summed E-state index contributed by atoms with van der Waals surface area (Å²) < 4.78 is 4.76. The minimum Gasteiger partial charge on any atom is -0.462 e. The zero-order valence-electron chi connectivity index (χ0n) is 11.6. The maximum atomic E-state index is 11.5. The molecule has 1 rings (SSSR count). The van der Waals surface area contributed by atoms with E-state index < -0.39 is 10.9 Å². The quantitative estimate of drug-likeness (QED) is 0.183. The van der Waals surface area contributed by atoms with Crippen LogP contribution in [0.1, 0.15) is 23.0 Å². The lowest BCUT2D eigenvalue weighted by molar-refractivity contribution is -0.385. The number of hydrogen-bond acceptors (Lipinski definition) is 8. The lowest BCUT2D eigenvalue weighted by Gasteiger charge is -2.07. The average Bonchev–Trinajstić information content (AvgIpc) is 2.38. The molecule has 1 aromatic heterocycles. The molecule has 0 aliphatic heterocycles. The molecule has 0 aliphatic carbocycles. The number of carbonyl (C=O) groups is 1. The first kappa shape index (κ1) is 16.3. The monoisotopic (exact) mass is 296 g/mol. The van der Waals surface area contributed by atoms with Crippen LogP contribution in [0.5, 0.6) is 0 Å². The van der Waals surface area contributed by atoms with Crippen LogP contribution in [0.3, 0.4) is 0 Å². The molecule has 0 amide bonds. The van der Waals surface area contributed by atoms with Gasteiger partial charge in [-0.05, 0) is 6.92 Å². The van der Waals surface area contributed by atoms with Gasteiger partial charge in [0.05, 0.1) is 23.5 Å². The van der Waals surface area contributed by atoms with Crippen LogP contribution in [0.4, 0.5) is 5.69 Å². The summed E-state index contributed by atoms with van der Waals surface area (Å²) in [7, 11) is 1.46. The molecular formula is C11H16N6O4. The van der Waals surface area contributed by atoms with Crippen molar-refractivity contribution in [1.29, 1.82) is 0 Å². The van der Waals surface area contributed by atoms with Crippen LogP contribution < -0.4 is 11.6 Å². The second-order valence-electron chi connectivity index (χ2n) is 4.01. The standard InChI is InChI=1S/C11H16N6O4/c1-3-21-11(18)7-4-9(17(19)20)8(14-6-7)5-10(12)15-16(2)13/h4,6H,3,5,13H2,1-2H3,(H2,12,15). The van der Waals surface area contributed by atoms with Crippen LogP contribution in [0.2, 0.25) is 0 Å². The highest BCUT2D eigenvalue weighted by Gasteiger charge is 2.20. The van der Waals surface area contributed by atoms with Gasteiger partial charge < -0.3 is 10.5 Å². The Hall–Kier alpha value is -2.75. The molecule has 21 heavy (non-hydrogen) atoms. The van der Waals surface area contributed by atoms with Gasteiger partial charge in [0.1, 0.15) is 11.5 Å². The van der Waals surface area contributed by atoms with Crippen LogP contribution in [-0.4, -0.2) is 40.5 Å². The van der Waals surface area contributed by atoms with Gasteiger partial charge in [-0.2, -0.15) is 0 Å². The number of nitrogens with zero attached hydrogens (tertiary/aromatic N) is 4. The Balaban J connectivity index is 3.11. The smallest absolute Gasteiger partial charge is 0.339 e. The van der Waals surface area contributed by atoms with E-state index in [1.54, 1.807) is 6.92 Å². The van der Waals surface area contributed by atoms with Crippen molar-refractivity contribution in [3.63, 3.8) is 0 Å². The number of hydrazine groups is 1. The maximum Gasteiger partial charge on any atom is 0.339 e. The molecule has 0 saturated carbocycles. The number of hydrogen-bond donors (Lipinski definition) is 2. The number of nitrogens with two attached hydrogens (primary N) is 2. The summed E-state index contributed by atoms with van der Waals surface area (Å²) in [6, 6.07) is 1.10. The van der Waals surface area contributed by atoms with Crippen LogP contribution in [0.15, 0.2) is 17.4 Å². The number of hydrazone groups is 1. The lowest BCUT2D eigenvalue weighted by atomic mass is 10.2. The first-order chi connectivity index (χ1) is 9.85. The normalized spacial score (nSPS) is 11.1. The fraction of sp³-hybridized carbons (Fsp3) is 0.364. The molecular weight excluding hydrogens is 280 g/mol. The summed E-state index contributed by atoms with van der Waals surface area (Å²) in [6.45, 7) is 1.80. The van der Waals surface area contributed by atoms with Crippen LogP contribution in [0, 0.1) is 10.1 Å². The first-order valence-electron chi connectivity index (χ1n) is 5.97. The fourth-order valence-corrected chi connectivity index (χ4v) is 1.51. The third-order valence-corrected chi connectivity index (χ3v) is 2.29. The molecule has 0 saturated heterocycles. The predicted octanol–water partition coefficient (Wildman–Crippen LogP) is -0.213. The SMILES string of the molecule is CCOC(=O)c1cnc(C/C(N)=N/N(C)N)c([N+](=O)[O-])c1. The second-order valence-corrected chi connectivity index (χ2v) is 4.01. The van der Waals surface area contributed by atoms with Gasteiger partial charge in [-0.25, -0.2) is 15.8 Å². The summed E-state index contributed by atoms with van der Waals surface area (Å²) in [5, 5.41) is 15.7. The Bertz CT molecular complexity index is 572. The molecule has 0 spiro atoms. The summed E-state index contributed by atoms with van der Waals surface area (Å²) in [5.74, 6) is 4.67. The van der Waals surface area contributed by atoms with E-state index in [9.17, 15) is 14.9 Å². The van der Waals surface area contributed by atoms with E-state index in [1.165, 1.54) is 13.2 Å². The molecule has 0 bridgehead atoms. The Morgan fingerprint density at radius 3 is 2.81 bits per heavy atom. The van der Waals surface area contributed by atoms with Crippen LogP contribution >= 0.6 is 0 Å². The van der Waals surface area contributed by atoms with Gasteiger partial charge in [-0.15, -0.1) is 5.10 Å². The Morgan fingerprint density at radius 2 is 2.29 bits per heavy atom. The number of ether oxygens (including phenoxy) is 1. The first-order valence-corrected chi connectivity index (χ1v) is 5.97. The molecule has 4 N–H and O–H groups in total. The van der Waals surface area contributed by atoms with E-state index >= 15 is 0 Å².